The summed E-state index contributed by atoms with van der Waals surface area (Å²) in [5.41, 5.74) is 3.50. The van der Waals surface area contributed by atoms with Crippen LogP contribution >= 0.6 is 11.6 Å². The fourth-order valence-electron chi connectivity index (χ4n) is 2.19. The van der Waals surface area contributed by atoms with Crippen molar-refractivity contribution >= 4 is 39.5 Å². The number of hydrogen-bond acceptors (Lipinski definition) is 2. The molecule has 3 rings (SSSR count). The molecule has 0 aliphatic carbocycles. The molecule has 1 aromatic carbocycles. The number of nitrogens with zero attached hydrogens (tertiary/aromatic N) is 2. The second-order valence-corrected chi connectivity index (χ2v) is 4.54. The average molecular weight is 255 g/mol. The lowest BCUT2D eigenvalue weighted by Crippen LogP contribution is -1.92. The predicted octanol–water partition coefficient (Wildman–Crippen LogP) is 4.39. The highest BCUT2D eigenvalue weighted by Crippen LogP contribution is 2.32. The Balaban J connectivity index is 2.57. The normalized spacial score (nSPS) is 11.0. The molecule has 0 saturated carbocycles. The van der Waals surface area contributed by atoms with Gasteiger partial charge in [-0.25, -0.2) is 0 Å². The van der Waals surface area contributed by atoms with Crippen LogP contribution in [0.25, 0.3) is 27.9 Å². The minimum Gasteiger partial charge on any atom is -0.254 e. The molecule has 0 aliphatic rings. The molecule has 18 heavy (non-hydrogen) atoms. The first-order valence-electron chi connectivity index (χ1n) is 5.68. The summed E-state index contributed by atoms with van der Waals surface area (Å²) in [5, 5.41) is 2.68. The maximum atomic E-state index is 6.41. The van der Waals surface area contributed by atoms with Crippen molar-refractivity contribution in [3.05, 3.63) is 53.3 Å². The fourth-order valence-corrected chi connectivity index (χ4v) is 2.56. The fraction of sp³-hybridized carbons (Fsp3) is 0.0667. The Labute approximate surface area is 110 Å². The summed E-state index contributed by atoms with van der Waals surface area (Å²) in [6.07, 6.45) is 3.51. The highest BCUT2D eigenvalue weighted by molar-refractivity contribution is 6.37. The van der Waals surface area contributed by atoms with Gasteiger partial charge in [0.25, 0.3) is 0 Å². The van der Waals surface area contributed by atoms with E-state index in [1.807, 2.05) is 31.2 Å². The molecule has 0 radical (unpaired) electrons. The van der Waals surface area contributed by atoms with E-state index in [1.54, 1.807) is 12.3 Å². The van der Waals surface area contributed by atoms with Crippen LogP contribution in [0.3, 0.4) is 0 Å². The van der Waals surface area contributed by atoms with Crippen LogP contribution in [0.2, 0.25) is 5.02 Å². The number of hydrogen-bond donors (Lipinski definition) is 0. The third kappa shape index (κ3) is 1.50. The van der Waals surface area contributed by atoms with Gasteiger partial charge in [0.1, 0.15) is 0 Å². The molecule has 3 heteroatoms. The Hall–Kier alpha value is -1.93. The van der Waals surface area contributed by atoms with Gasteiger partial charge in [-0.15, -0.1) is 0 Å². The molecule has 2 nitrogen and oxygen atoms in total. The second-order valence-electron chi connectivity index (χ2n) is 4.17. The Bertz CT molecular complexity index is 778. The van der Waals surface area contributed by atoms with Crippen LogP contribution in [-0.2, 0) is 0 Å². The molecule has 0 aliphatic heterocycles. The summed E-state index contributed by atoms with van der Waals surface area (Å²) < 4.78 is 0. The van der Waals surface area contributed by atoms with Crippen LogP contribution in [0.5, 0.6) is 0 Å². The molecule has 2 aromatic heterocycles. The number of aryl methyl sites for hydroxylation is 1. The SMILES string of the molecule is C=Cc1c(C)nc2c(ccc3cccnc32)c1Cl. The summed E-state index contributed by atoms with van der Waals surface area (Å²) in [6, 6.07) is 7.94. The summed E-state index contributed by atoms with van der Waals surface area (Å²) in [6.45, 7) is 5.72. The lowest BCUT2D eigenvalue weighted by molar-refractivity contribution is 1.24. The van der Waals surface area contributed by atoms with Crippen molar-refractivity contribution in [3.8, 4) is 0 Å². The van der Waals surface area contributed by atoms with Gasteiger partial charge in [0.15, 0.2) is 0 Å². The zero-order valence-electron chi connectivity index (χ0n) is 9.94. The summed E-state index contributed by atoms with van der Waals surface area (Å²) in [5.74, 6) is 0. The van der Waals surface area contributed by atoms with Crippen molar-refractivity contribution in [2.45, 2.75) is 6.92 Å². The van der Waals surface area contributed by atoms with E-state index in [2.05, 4.69) is 16.5 Å². The predicted molar refractivity (Wildman–Crippen MR) is 76.9 cm³/mol. The maximum absolute atomic E-state index is 6.41. The minimum atomic E-state index is 0.694. The number of rotatable bonds is 1. The lowest BCUT2D eigenvalue weighted by Gasteiger charge is -2.09. The van der Waals surface area contributed by atoms with Crippen molar-refractivity contribution in [3.63, 3.8) is 0 Å². The highest BCUT2D eigenvalue weighted by Gasteiger charge is 2.11. The van der Waals surface area contributed by atoms with Gasteiger partial charge in [0.2, 0.25) is 0 Å². The summed E-state index contributed by atoms with van der Waals surface area (Å²) in [7, 11) is 0. The molecule has 0 bridgehead atoms. The quantitative estimate of drug-likeness (QED) is 0.602. The van der Waals surface area contributed by atoms with Crippen LogP contribution in [0.4, 0.5) is 0 Å². The van der Waals surface area contributed by atoms with E-state index in [0.29, 0.717) is 5.02 Å². The van der Waals surface area contributed by atoms with Crippen LogP contribution < -0.4 is 0 Å². The Kier molecular flexibility index (Phi) is 2.53. The third-order valence-corrected chi connectivity index (χ3v) is 3.50. The standard InChI is InChI=1S/C15H11ClN2/c1-3-11-9(2)18-15-12(13(11)16)7-6-10-5-4-8-17-14(10)15/h3-8H,1H2,2H3. The Morgan fingerprint density at radius 1 is 1.22 bits per heavy atom. The number of benzene rings is 1. The van der Waals surface area contributed by atoms with Gasteiger partial charge in [0, 0.05) is 28.2 Å². The number of aromatic nitrogens is 2. The van der Waals surface area contributed by atoms with Crippen molar-refractivity contribution in [1.29, 1.82) is 0 Å². The van der Waals surface area contributed by atoms with Crippen LogP contribution in [0.1, 0.15) is 11.3 Å². The minimum absolute atomic E-state index is 0.694. The second kappa shape index (κ2) is 4.07. The molecule has 0 atom stereocenters. The molecule has 3 aromatic rings. The average Bonchev–Trinajstić information content (AvgIpc) is 2.39. The van der Waals surface area contributed by atoms with E-state index in [4.69, 9.17) is 11.6 Å². The summed E-state index contributed by atoms with van der Waals surface area (Å²) in [4.78, 5) is 9.02. The first-order chi connectivity index (χ1) is 8.72. The molecular formula is C15H11ClN2. The zero-order chi connectivity index (χ0) is 12.7. The first-order valence-corrected chi connectivity index (χ1v) is 6.06. The summed E-state index contributed by atoms with van der Waals surface area (Å²) >= 11 is 6.41. The van der Waals surface area contributed by atoms with Gasteiger partial charge in [-0.3, -0.25) is 9.97 Å². The number of fused-ring (bicyclic) bond motifs is 3. The number of halogens is 1. The van der Waals surface area contributed by atoms with E-state index < -0.39 is 0 Å². The maximum Gasteiger partial charge on any atom is 0.0983 e. The monoisotopic (exact) mass is 254 g/mol. The van der Waals surface area contributed by atoms with Crippen LogP contribution in [0.15, 0.2) is 37.0 Å². The van der Waals surface area contributed by atoms with E-state index in [-0.39, 0.29) is 0 Å². The third-order valence-electron chi connectivity index (χ3n) is 3.09. The van der Waals surface area contributed by atoms with Crippen LogP contribution in [0, 0.1) is 6.92 Å². The highest BCUT2D eigenvalue weighted by atomic mass is 35.5. The molecular weight excluding hydrogens is 244 g/mol. The topological polar surface area (TPSA) is 25.8 Å². The molecule has 0 fully saturated rings. The van der Waals surface area contributed by atoms with Gasteiger partial charge in [-0.2, -0.15) is 0 Å². The Morgan fingerprint density at radius 2 is 2.06 bits per heavy atom. The smallest absolute Gasteiger partial charge is 0.0983 e. The van der Waals surface area contributed by atoms with Gasteiger partial charge in [-0.1, -0.05) is 42.5 Å². The molecule has 0 amide bonds. The molecule has 0 unspecified atom stereocenters. The zero-order valence-corrected chi connectivity index (χ0v) is 10.7. The molecule has 88 valence electrons. The van der Waals surface area contributed by atoms with E-state index >= 15 is 0 Å². The van der Waals surface area contributed by atoms with E-state index in [1.165, 1.54) is 0 Å². The van der Waals surface area contributed by atoms with Crippen LogP contribution in [-0.4, -0.2) is 9.97 Å². The van der Waals surface area contributed by atoms with Gasteiger partial charge in [-0.05, 0) is 13.0 Å². The van der Waals surface area contributed by atoms with Crippen molar-refractivity contribution < 1.29 is 0 Å². The van der Waals surface area contributed by atoms with E-state index in [0.717, 1.165) is 33.1 Å². The molecule has 2 heterocycles. The van der Waals surface area contributed by atoms with Gasteiger partial charge in [0.05, 0.1) is 16.1 Å². The van der Waals surface area contributed by atoms with E-state index in [9.17, 15) is 0 Å². The van der Waals surface area contributed by atoms with Crippen molar-refractivity contribution in [1.82, 2.24) is 9.97 Å². The first kappa shape index (κ1) is 11.2. The van der Waals surface area contributed by atoms with Crippen molar-refractivity contribution in [2.24, 2.45) is 0 Å². The van der Waals surface area contributed by atoms with Gasteiger partial charge >= 0.3 is 0 Å². The largest absolute Gasteiger partial charge is 0.254 e. The Morgan fingerprint density at radius 3 is 2.83 bits per heavy atom. The van der Waals surface area contributed by atoms with Gasteiger partial charge < -0.3 is 0 Å². The molecule has 0 saturated heterocycles. The number of pyridine rings is 2. The lowest BCUT2D eigenvalue weighted by atomic mass is 10.1. The molecule has 0 spiro atoms. The van der Waals surface area contributed by atoms with Crippen molar-refractivity contribution in [2.75, 3.05) is 0 Å². The molecule has 0 N–H and O–H groups in total.